The van der Waals surface area contributed by atoms with Crippen LogP contribution in [0.1, 0.15) is 22.3 Å². The topological polar surface area (TPSA) is 3.24 Å². The molecule has 0 aliphatic heterocycles. The standard InChI is InChI=1S/C67H45N/c1-3-20-54(21-4-1)67(55-22-5-2-6-23-55)65-28-12-11-26-63(65)64-41-35-51(45-66(64)67)47-33-38-57(39-34-47)68(58-40-42-62-53(44-58)30-29-49-16-8-10-25-60(49)62)56-36-31-46(32-37-56)50-18-13-19-52(43-50)61-27-14-17-48-15-7-9-24-59(48)61/h1-45H. The molecule has 0 radical (unpaired) electrons. The van der Waals surface area contributed by atoms with E-state index in [-0.39, 0.29) is 0 Å². The summed E-state index contributed by atoms with van der Waals surface area (Å²) in [6, 6.07) is 101. The fraction of sp³-hybridized carbons (Fsp3) is 0.0149. The maximum absolute atomic E-state index is 2.45. The molecule has 0 heterocycles. The van der Waals surface area contributed by atoms with Crippen molar-refractivity contribution in [2.75, 3.05) is 4.90 Å². The van der Waals surface area contributed by atoms with E-state index in [2.05, 4.69) is 278 Å². The first-order valence-corrected chi connectivity index (χ1v) is 23.6. The minimum absolute atomic E-state index is 0.452. The average Bonchev–Trinajstić information content (AvgIpc) is 3.72. The van der Waals surface area contributed by atoms with E-state index in [0.29, 0.717) is 0 Å². The minimum Gasteiger partial charge on any atom is -0.310 e. The van der Waals surface area contributed by atoms with E-state index < -0.39 is 5.41 Å². The van der Waals surface area contributed by atoms with E-state index in [1.54, 1.807) is 0 Å². The van der Waals surface area contributed by atoms with Crippen molar-refractivity contribution in [3.63, 3.8) is 0 Å². The Kier molecular flexibility index (Phi) is 9.47. The first kappa shape index (κ1) is 39.6. The molecule has 68 heavy (non-hydrogen) atoms. The maximum atomic E-state index is 2.45. The van der Waals surface area contributed by atoms with Crippen molar-refractivity contribution >= 4 is 49.4 Å². The monoisotopic (exact) mass is 863 g/mol. The SMILES string of the molecule is c1ccc(C2(c3ccccc3)c3ccccc3-c3ccc(-c4ccc(N(c5ccc(-c6cccc(-c7cccc8ccccc78)c6)cc5)c5ccc6c(ccc7ccccc76)c5)cc4)cc32)cc1. The lowest BCUT2D eigenvalue weighted by atomic mass is 9.67. The molecule has 0 fully saturated rings. The number of nitrogens with zero attached hydrogens (tertiary/aromatic N) is 1. The number of anilines is 3. The Hall–Kier alpha value is -8.78. The van der Waals surface area contributed by atoms with Gasteiger partial charge in [-0.05, 0) is 148 Å². The lowest BCUT2D eigenvalue weighted by Crippen LogP contribution is -2.28. The molecule has 0 saturated heterocycles. The third-order valence-electron chi connectivity index (χ3n) is 14.3. The highest BCUT2D eigenvalue weighted by Crippen LogP contribution is 2.56. The largest absolute Gasteiger partial charge is 0.310 e. The van der Waals surface area contributed by atoms with Gasteiger partial charge in [-0.2, -0.15) is 0 Å². The Bertz CT molecular complexity index is 3790. The highest BCUT2D eigenvalue weighted by atomic mass is 15.1. The summed E-state index contributed by atoms with van der Waals surface area (Å²) < 4.78 is 0. The molecule has 0 bridgehead atoms. The summed E-state index contributed by atoms with van der Waals surface area (Å²) in [6.45, 7) is 0. The van der Waals surface area contributed by atoms with Crippen LogP contribution in [-0.2, 0) is 5.41 Å². The molecule has 1 aliphatic carbocycles. The van der Waals surface area contributed by atoms with Gasteiger partial charge < -0.3 is 4.90 Å². The number of hydrogen-bond acceptors (Lipinski definition) is 1. The summed E-state index contributed by atoms with van der Waals surface area (Å²) in [7, 11) is 0. The molecule has 318 valence electrons. The zero-order valence-corrected chi connectivity index (χ0v) is 37.4. The van der Waals surface area contributed by atoms with Gasteiger partial charge in [0.2, 0.25) is 0 Å². The number of rotatable bonds is 8. The summed E-state index contributed by atoms with van der Waals surface area (Å²) in [5.41, 5.74) is 17.8. The molecule has 0 unspecified atom stereocenters. The summed E-state index contributed by atoms with van der Waals surface area (Å²) >= 11 is 0. The van der Waals surface area contributed by atoms with Crippen LogP contribution in [0.15, 0.2) is 273 Å². The highest BCUT2D eigenvalue weighted by molar-refractivity contribution is 6.08. The first-order valence-electron chi connectivity index (χ1n) is 23.6. The minimum atomic E-state index is -0.452. The van der Waals surface area contributed by atoms with Gasteiger partial charge in [-0.1, -0.05) is 224 Å². The molecular weight excluding hydrogens is 819 g/mol. The van der Waals surface area contributed by atoms with Crippen LogP contribution in [0.3, 0.4) is 0 Å². The van der Waals surface area contributed by atoms with Crippen LogP contribution in [0.5, 0.6) is 0 Å². The van der Waals surface area contributed by atoms with E-state index in [1.165, 1.54) is 99.1 Å². The fourth-order valence-corrected chi connectivity index (χ4v) is 11.2. The zero-order chi connectivity index (χ0) is 45.0. The van der Waals surface area contributed by atoms with Gasteiger partial charge >= 0.3 is 0 Å². The third-order valence-corrected chi connectivity index (χ3v) is 14.3. The summed E-state index contributed by atoms with van der Waals surface area (Å²) in [5, 5.41) is 7.50. The number of benzene rings is 12. The van der Waals surface area contributed by atoms with E-state index >= 15 is 0 Å². The second-order valence-corrected chi connectivity index (χ2v) is 18.0. The molecule has 0 N–H and O–H groups in total. The zero-order valence-electron chi connectivity index (χ0n) is 37.4. The molecule has 12 aromatic rings. The van der Waals surface area contributed by atoms with Crippen LogP contribution >= 0.6 is 0 Å². The smallest absolute Gasteiger partial charge is 0.0713 e. The lowest BCUT2D eigenvalue weighted by molar-refractivity contribution is 0.769. The maximum Gasteiger partial charge on any atom is 0.0713 e. The Morgan fingerprint density at radius 3 is 1.44 bits per heavy atom. The van der Waals surface area contributed by atoms with Gasteiger partial charge in [-0.15, -0.1) is 0 Å². The summed E-state index contributed by atoms with van der Waals surface area (Å²) in [6.07, 6.45) is 0. The van der Waals surface area contributed by atoms with Gasteiger partial charge in [-0.25, -0.2) is 0 Å². The molecule has 12 aromatic carbocycles. The molecule has 1 aliphatic rings. The Morgan fingerprint density at radius 1 is 0.235 bits per heavy atom. The van der Waals surface area contributed by atoms with Crippen molar-refractivity contribution < 1.29 is 0 Å². The first-order chi connectivity index (χ1) is 33.7. The second kappa shape index (κ2) is 16.3. The van der Waals surface area contributed by atoms with Crippen molar-refractivity contribution in [3.8, 4) is 44.5 Å². The predicted octanol–water partition coefficient (Wildman–Crippen LogP) is 18.0. The summed E-state index contributed by atoms with van der Waals surface area (Å²) in [5.74, 6) is 0. The molecule has 0 saturated carbocycles. The third kappa shape index (κ3) is 6.47. The van der Waals surface area contributed by atoms with E-state index in [9.17, 15) is 0 Å². The van der Waals surface area contributed by atoms with Crippen molar-refractivity contribution in [2.24, 2.45) is 0 Å². The van der Waals surface area contributed by atoms with Crippen molar-refractivity contribution in [1.82, 2.24) is 0 Å². The molecule has 0 aromatic heterocycles. The van der Waals surface area contributed by atoms with Crippen LogP contribution in [0.4, 0.5) is 17.1 Å². The van der Waals surface area contributed by atoms with Crippen molar-refractivity contribution in [2.45, 2.75) is 5.41 Å². The van der Waals surface area contributed by atoms with E-state index in [0.717, 1.165) is 17.1 Å². The molecule has 0 spiro atoms. The van der Waals surface area contributed by atoms with Gasteiger partial charge in [0.25, 0.3) is 0 Å². The lowest BCUT2D eigenvalue weighted by Gasteiger charge is -2.34. The van der Waals surface area contributed by atoms with E-state index in [4.69, 9.17) is 0 Å². The quantitative estimate of drug-likeness (QED) is 0.138. The normalized spacial score (nSPS) is 12.5. The molecule has 0 atom stereocenters. The molecule has 1 nitrogen and oxygen atoms in total. The second-order valence-electron chi connectivity index (χ2n) is 18.0. The highest BCUT2D eigenvalue weighted by Gasteiger charge is 2.46. The van der Waals surface area contributed by atoms with Gasteiger partial charge in [-0.3, -0.25) is 0 Å². The van der Waals surface area contributed by atoms with Gasteiger partial charge in [0, 0.05) is 17.1 Å². The fourth-order valence-electron chi connectivity index (χ4n) is 11.2. The van der Waals surface area contributed by atoms with Crippen LogP contribution in [0, 0.1) is 0 Å². The Labute approximate surface area is 397 Å². The van der Waals surface area contributed by atoms with Crippen LogP contribution in [0.2, 0.25) is 0 Å². The van der Waals surface area contributed by atoms with Crippen LogP contribution < -0.4 is 4.90 Å². The molecular formula is C67H45N. The molecule has 1 heteroatoms. The van der Waals surface area contributed by atoms with Crippen molar-refractivity contribution in [3.05, 3.63) is 295 Å². The van der Waals surface area contributed by atoms with E-state index in [1.807, 2.05) is 0 Å². The average molecular weight is 864 g/mol. The Balaban J connectivity index is 0.908. The molecule has 0 amide bonds. The van der Waals surface area contributed by atoms with Crippen molar-refractivity contribution in [1.29, 1.82) is 0 Å². The van der Waals surface area contributed by atoms with Gasteiger partial charge in [0.15, 0.2) is 0 Å². The van der Waals surface area contributed by atoms with Gasteiger partial charge in [0.1, 0.15) is 0 Å². The van der Waals surface area contributed by atoms with Gasteiger partial charge in [0.05, 0.1) is 5.41 Å². The predicted molar refractivity (Wildman–Crippen MR) is 287 cm³/mol. The molecule has 13 rings (SSSR count). The Morgan fingerprint density at radius 2 is 0.721 bits per heavy atom. The van der Waals surface area contributed by atoms with Crippen LogP contribution in [-0.4, -0.2) is 0 Å². The summed E-state index contributed by atoms with van der Waals surface area (Å²) in [4.78, 5) is 2.39. The van der Waals surface area contributed by atoms with Crippen LogP contribution in [0.25, 0.3) is 76.8 Å². The number of hydrogen-bond donors (Lipinski definition) is 0. The number of fused-ring (bicyclic) bond motifs is 7.